The predicted octanol–water partition coefficient (Wildman–Crippen LogP) is 4.38. The number of benzene rings is 2. The molecule has 2 heterocycles. The van der Waals surface area contributed by atoms with E-state index < -0.39 is 12.1 Å². The van der Waals surface area contributed by atoms with Crippen LogP contribution in [0.25, 0.3) is 11.3 Å². The molecule has 1 saturated heterocycles. The summed E-state index contributed by atoms with van der Waals surface area (Å²) in [4.78, 5) is 36.2. The first-order valence-electron chi connectivity index (χ1n) is 11.8. The van der Waals surface area contributed by atoms with E-state index in [0.29, 0.717) is 18.1 Å². The van der Waals surface area contributed by atoms with Crippen LogP contribution in [0.4, 0.5) is 21.9 Å². The maximum absolute atomic E-state index is 13.2. The van der Waals surface area contributed by atoms with Gasteiger partial charge in [0.15, 0.2) is 0 Å². The fourth-order valence-corrected chi connectivity index (χ4v) is 4.59. The summed E-state index contributed by atoms with van der Waals surface area (Å²) in [6.45, 7) is 4.23. The van der Waals surface area contributed by atoms with Gasteiger partial charge in [0.05, 0.1) is 29.3 Å². The van der Waals surface area contributed by atoms with E-state index in [-0.39, 0.29) is 17.9 Å². The molecule has 1 aliphatic heterocycles. The van der Waals surface area contributed by atoms with E-state index in [0.717, 1.165) is 35.5 Å². The van der Waals surface area contributed by atoms with Crippen LogP contribution in [0.15, 0.2) is 54.7 Å². The Morgan fingerprint density at radius 2 is 1.97 bits per heavy atom. The Hall–Kier alpha value is -4.01. The Kier molecular flexibility index (Phi) is 6.95. The van der Waals surface area contributed by atoms with Crippen LogP contribution in [0, 0.1) is 5.92 Å². The number of carbonyl (C=O) groups excluding carboxylic acids is 1. The highest BCUT2D eigenvalue weighted by Crippen LogP contribution is 2.35. The van der Waals surface area contributed by atoms with E-state index in [4.69, 9.17) is 5.73 Å². The Balaban J connectivity index is 1.58. The van der Waals surface area contributed by atoms with Crippen molar-refractivity contribution in [1.82, 2.24) is 20.2 Å². The molecule has 2 aromatic carbocycles. The van der Waals surface area contributed by atoms with Crippen molar-refractivity contribution in [3.05, 3.63) is 60.6 Å². The van der Waals surface area contributed by atoms with Gasteiger partial charge < -0.3 is 30.9 Å². The van der Waals surface area contributed by atoms with Crippen LogP contribution in [-0.4, -0.2) is 51.6 Å². The number of aromatic amines is 1. The van der Waals surface area contributed by atoms with Crippen LogP contribution in [0.3, 0.4) is 0 Å². The van der Waals surface area contributed by atoms with Crippen molar-refractivity contribution in [2.75, 3.05) is 24.2 Å². The molecule has 3 aromatic rings. The number of nitrogens with two attached hydrogens (primary N) is 1. The second-order valence-corrected chi connectivity index (χ2v) is 9.21. The number of carbonyl (C=O) groups is 2. The fraction of sp³-hybridized carbons (Fsp3) is 0.346. The van der Waals surface area contributed by atoms with Gasteiger partial charge in [0.1, 0.15) is 11.9 Å². The van der Waals surface area contributed by atoms with Crippen LogP contribution >= 0.6 is 0 Å². The van der Waals surface area contributed by atoms with Crippen LogP contribution in [-0.2, 0) is 4.79 Å². The molecule has 2 amide bonds. The van der Waals surface area contributed by atoms with E-state index in [9.17, 15) is 14.7 Å². The van der Waals surface area contributed by atoms with Crippen molar-refractivity contribution in [2.24, 2.45) is 5.92 Å². The number of nitrogen functional groups attached to an aromatic ring is 1. The monoisotopic (exact) mass is 476 g/mol. The second kappa shape index (κ2) is 10.1. The van der Waals surface area contributed by atoms with Gasteiger partial charge in [0.2, 0.25) is 5.91 Å². The minimum absolute atomic E-state index is 0.165. The van der Waals surface area contributed by atoms with Crippen molar-refractivity contribution >= 4 is 29.1 Å². The average molecular weight is 477 g/mol. The van der Waals surface area contributed by atoms with E-state index in [1.807, 2.05) is 74.3 Å². The third-order valence-corrected chi connectivity index (χ3v) is 6.50. The smallest absolute Gasteiger partial charge is 0.405 e. The lowest BCUT2D eigenvalue weighted by atomic mass is 10.0. The molecule has 0 radical (unpaired) electrons. The highest BCUT2D eigenvalue weighted by atomic mass is 16.4. The fourth-order valence-electron chi connectivity index (χ4n) is 4.59. The number of hydrogen-bond donors (Lipinski definition) is 4. The molecule has 0 aliphatic carbocycles. The maximum atomic E-state index is 13.2. The minimum atomic E-state index is -1.20. The molecule has 184 valence electrons. The molecule has 4 rings (SSSR count). The molecule has 35 heavy (non-hydrogen) atoms. The summed E-state index contributed by atoms with van der Waals surface area (Å²) in [5, 5.41) is 11.6. The Labute approximate surface area is 205 Å². The van der Waals surface area contributed by atoms with Gasteiger partial charge in [-0.3, -0.25) is 4.79 Å². The summed E-state index contributed by atoms with van der Waals surface area (Å²) in [6, 6.07) is 14.8. The Morgan fingerprint density at radius 1 is 1.23 bits per heavy atom. The molecular weight excluding hydrogens is 444 g/mol. The molecule has 5 N–H and O–H groups in total. The van der Waals surface area contributed by atoms with E-state index in [1.54, 1.807) is 11.1 Å². The summed E-state index contributed by atoms with van der Waals surface area (Å²) in [5.41, 5.74) is 10.6. The third-order valence-electron chi connectivity index (χ3n) is 6.50. The van der Waals surface area contributed by atoms with Crippen molar-refractivity contribution < 1.29 is 14.7 Å². The summed E-state index contributed by atoms with van der Waals surface area (Å²) in [6.07, 6.45) is 2.16. The molecule has 0 saturated carbocycles. The molecule has 9 nitrogen and oxygen atoms in total. The van der Waals surface area contributed by atoms with Crippen molar-refractivity contribution in [2.45, 2.75) is 38.8 Å². The van der Waals surface area contributed by atoms with E-state index in [2.05, 4.69) is 15.3 Å². The third kappa shape index (κ3) is 5.08. The van der Waals surface area contributed by atoms with Crippen molar-refractivity contribution in [3.8, 4) is 11.3 Å². The first-order valence-corrected chi connectivity index (χ1v) is 11.8. The number of anilines is 3. The molecule has 0 bridgehead atoms. The van der Waals surface area contributed by atoms with Crippen molar-refractivity contribution in [1.29, 1.82) is 0 Å². The van der Waals surface area contributed by atoms with Crippen molar-refractivity contribution in [3.63, 3.8) is 0 Å². The number of nitrogens with zero attached hydrogens (tertiary/aromatic N) is 3. The molecule has 1 aromatic heterocycles. The van der Waals surface area contributed by atoms with Crippen LogP contribution in [0.2, 0.25) is 0 Å². The zero-order valence-electron chi connectivity index (χ0n) is 20.2. The molecule has 0 spiro atoms. The first kappa shape index (κ1) is 24.1. The van der Waals surface area contributed by atoms with Crippen LogP contribution in [0.5, 0.6) is 0 Å². The number of aromatic nitrogens is 2. The Morgan fingerprint density at radius 3 is 2.66 bits per heavy atom. The van der Waals surface area contributed by atoms with Gasteiger partial charge in [-0.1, -0.05) is 38.1 Å². The number of amides is 2. The number of carboxylic acid groups (broad SMARTS) is 1. The number of nitrogens with one attached hydrogen (secondary N) is 2. The summed E-state index contributed by atoms with van der Waals surface area (Å²) < 4.78 is 0. The van der Waals surface area contributed by atoms with Gasteiger partial charge in [0.25, 0.3) is 0 Å². The van der Waals surface area contributed by atoms with Crippen LogP contribution < -0.4 is 16.0 Å². The number of hydrogen-bond acceptors (Lipinski definition) is 5. The largest absolute Gasteiger partial charge is 0.465 e. The summed E-state index contributed by atoms with van der Waals surface area (Å²) in [5.74, 6) is 0.308. The second-order valence-electron chi connectivity index (χ2n) is 9.21. The lowest BCUT2D eigenvalue weighted by Gasteiger charge is -2.29. The molecule has 1 fully saturated rings. The molecule has 1 aliphatic rings. The summed E-state index contributed by atoms with van der Waals surface area (Å²) in [7, 11) is 1.97. The first-order chi connectivity index (χ1) is 16.8. The van der Waals surface area contributed by atoms with E-state index >= 15 is 0 Å². The van der Waals surface area contributed by atoms with Gasteiger partial charge in [-0.05, 0) is 43.0 Å². The van der Waals surface area contributed by atoms with Gasteiger partial charge in [0, 0.05) is 24.8 Å². The molecular formula is C26H32N6O3. The van der Waals surface area contributed by atoms with Gasteiger partial charge in [-0.2, -0.15) is 0 Å². The minimum Gasteiger partial charge on any atom is -0.465 e. The summed E-state index contributed by atoms with van der Waals surface area (Å²) >= 11 is 0. The number of likely N-dealkylation sites (tertiary alicyclic amines) is 1. The average Bonchev–Trinajstić information content (AvgIpc) is 3.52. The quantitative estimate of drug-likeness (QED) is 0.375. The maximum Gasteiger partial charge on any atom is 0.405 e. The highest BCUT2D eigenvalue weighted by Gasteiger charge is 2.37. The molecule has 2 atom stereocenters. The van der Waals surface area contributed by atoms with Gasteiger partial charge in [-0.15, -0.1) is 0 Å². The number of rotatable bonds is 7. The Bertz CT molecular complexity index is 1190. The normalized spacial score (nSPS) is 16.3. The highest BCUT2D eigenvalue weighted by molar-refractivity contribution is 5.86. The lowest BCUT2D eigenvalue weighted by Crippen LogP contribution is -2.50. The number of para-hydroxylation sites is 1. The lowest BCUT2D eigenvalue weighted by molar-refractivity contribution is -0.135. The van der Waals surface area contributed by atoms with Crippen LogP contribution in [0.1, 0.15) is 38.6 Å². The number of imidazole rings is 1. The zero-order chi connectivity index (χ0) is 25.1. The molecule has 1 unspecified atom stereocenters. The van der Waals surface area contributed by atoms with Gasteiger partial charge >= 0.3 is 6.09 Å². The number of H-pyrrole nitrogens is 1. The molecule has 9 heteroatoms. The SMILES string of the molecule is CC(C)[C@H](NC(=O)O)C(=O)N1CCCC1c1ncc(-c2ccc(N)c(N(C)c3ccccc3)c2)[nH]1. The van der Waals surface area contributed by atoms with E-state index in [1.165, 1.54) is 0 Å². The topological polar surface area (TPSA) is 128 Å². The zero-order valence-corrected chi connectivity index (χ0v) is 20.2. The standard InChI is InChI=1S/C26H32N6O3/c1-16(2)23(30-26(34)35)25(33)32-13-7-10-21(32)24-28-15-20(29-24)17-11-12-19(27)22(14-17)31(3)18-8-5-4-6-9-18/h4-6,8-9,11-12,14-16,21,23,30H,7,10,13,27H2,1-3H3,(H,28,29)(H,34,35)/t21?,23-/m0/s1. The predicted molar refractivity (Wildman–Crippen MR) is 136 cm³/mol. The van der Waals surface area contributed by atoms with Gasteiger partial charge in [-0.25, -0.2) is 9.78 Å².